The van der Waals surface area contributed by atoms with E-state index in [0.717, 1.165) is 35.9 Å². The number of likely N-dealkylation sites (tertiary alicyclic amines) is 1. The summed E-state index contributed by atoms with van der Waals surface area (Å²) in [7, 11) is 0. The van der Waals surface area contributed by atoms with Crippen LogP contribution in [0.15, 0.2) is 24.3 Å². The second-order valence-corrected chi connectivity index (χ2v) is 7.55. The molecule has 1 fully saturated rings. The van der Waals surface area contributed by atoms with Gasteiger partial charge in [0, 0.05) is 13.1 Å². The van der Waals surface area contributed by atoms with Crippen LogP contribution in [0.3, 0.4) is 0 Å². The second kappa shape index (κ2) is 7.59. The van der Waals surface area contributed by atoms with E-state index in [0.29, 0.717) is 24.0 Å². The van der Waals surface area contributed by atoms with Crippen molar-refractivity contribution < 1.29 is 15.0 Å². The molecule has 24 heavy (non-hydrogen) atoms. The summed E-state index contributed by atoms with van der Waals surface area (Å²) in [6.07, 6.45) is 1.56. The summed E-state index contributed by atoms with van der Waals surface area (Å²) in [5.41, 5.74) is 0.775. The van der Waals surface area contributed by atoms with Crippen LogP contribution in [0.25, 0.3) is 10.2 Å². The number of benzene rings is 1. The van der Waals surface area contributed by atoms with Gasteiger partial charge in [0.25, 0.3) is 5.91 Å². The predicted octanol–water partition coefficient (Wildman–Crippen LogP) is 2.73. The summed E-state index contributed by atoms with van der Waals surface area (Å²) >= 11 is 1.31. The van der Waals surface area contributed by atoms with E-state index in [-0.39, 0.29) is 5.91 Å². The molecule has 1 aliphatic heterocycles. The highest BCUT2D eigenvalue weighted by Crippen LogP contribution is 2.29. The van der Waals surface area contributed by atoms with Crippen molar-refractivity contribution in [3.63, 3.8) is 0 Å². The van der Waals surface area contributed by atoms with Crippen LogP contribution in [0.5, 0.6) is 0 Å². The number of aliphatic hydroxyl groups excluding tert-OH is 2. The van der Waals surface area contributed by atoms with E-state index in [2.05, 4.69) is 11.9 Å². The fourth-order valence-electron chi connectivity index (χ4n) is 3.38. The van der Waals surface area contributed by atoms with Crippen LogP contribution in [0.1, 0.15) is 43.7 Å². The number of piperidine rings is 1. The van der Waals surface area contributed by atoms with Crippen molar-refractivity contribution >= 4 is 27.5 Å². The number of amides is 1. The van der Waals surface area contributed by atoms with Gasteiger partial charge in [-0.05, 0) is 37.3 Å². The van der Waals surface area contributed by atoms with E-state index in [1.165, 1.54) is 11.3 Å². The molecule has 6 heteroatoms. The smallest absolute Gasteiger partial charge is 0.254 e. The molecule has 5 nitrogen and oxygen atoms in total. The molecule has 2 aromatic rings. The Morgan fingerprint density at radius 2 is 2.21 bits per heavy atom. The average molecular weight is 348 g/mol. The first-order valence-corrected chi connectivity index (χ1v) is 9.42. The normalized spacial score (nSPS) is 21.0. The maximum Gasteiger partial charge on any atom is 0.254 e. The van der Waals surface area contributed by atoms with Gasteiger partial charge in [0.15, 0.2) is 6.10 Å². The standard InChI is InChI=1S/C18H24N2O3S/c1-2-6-12-7-5-10-20(11-12)18(23)16(22)15(21)17-19-13-8-3-4-9-14(13)24-17/h3-4,8-9,12,15-16,21-22H,2,5-7,10-11H2,1H3/t12-,15+,16-/m1/s1. The van der Waals surface area contributed by atoms with Gasteiger partial charge in [0.1, 0.15) is 11.1 Å². The number of aliphatic hydroxyl groups is 2. The number of hydrogen-bond acceptors (Lipinski definition) is 5. The predicted molar refractivity (Wildman–Crippen MR) is 94.8 cm³/mol. The summed E-state index contributed by atoms with van der Waals surface area (Å²) in [5.74, 6) is 0.113. The molecule has 1 aliphatic rings. The van der Waals surface area contributed by atoms with Crippen molar-refractivity contribution in [2.75, 3.05) is 13.1 Å². The van der Waals surface area contributed by atoms with Crippen LogP contribution in [-0.4, -0.2) is 45.2 Å². The van der Waals surface area contributed by atoms with E-state index in [1.54, 1.807) is 4.90 Å². The number of nitrogens with zero attached hydrogens (tertiary/aromatic N) is 2. The zero-order valence-electron chi connectivity index (χ0n) is 13.9. The zero-order valence-corrected chi connectivity index (χ0v) is 14.7. The molecular formula is C18H24N2O3S. The number of fused-ring (bicyclic) bond motifs is 1. The Labute approximate surface area is 145 Å². The quantitative estimate of drug-likeness (QED) is 0.871. The van der Waals surface area contributed by atoms with Crippen molar-refractivity contribution in [2.45, 2.75) is 44.8 Å². The van der Waals surface area contributed by atoms with Gasteiger partial charge in [-0.25, -0.2) is 4.98 Å². The molecule has 1 amide bonds. The Morgan fingerprint density at radius 1 is 1.42 bits per heavy atom. The number of aromatic nitrogens is 1. The maximum atomic E-state index is 12.6. The molecule has 2 N–H and O–H groups in total. The molecule has 1 aromatic carbocycles. The summed E-state index contributed by atoms with van der Waals surface area (Å²) in [4.78, 5) is 18.6. The fourth-order valence-corrected chi connectivity index (χ4v) is 4.37. The Morgan fingerprint density at radius 3 is 2.96 bits per heavy atom. The minimum absolute atomic E-state index is 0.387. The number of thiazole rings is 1. The van der Waals surface area contributed by atoms with Gasteiger partial charge in [0.05, 0.1) is 10.2 Å². The van der Waals surface area contributed by atoms with Gasteiger partial charge in [-0.2, -0.15) is 0 Å². The third kappa shape index (κ3) is 3.61. The van der Waals surface area contributed by atoms with Crippen molar-refractivity contribution in [3.8, 4) is 0 Å². The fraction of sp³-hybridized carbons (Fsp3) is 0.556. The lowest BCUT2D eigenvalue weighted by Gasteiger charge is -2.34. The number of hydrogen-bond donors (Lipinski definition) is 2. The number of carbonyl (C=O) groups excluding carboxylic acids is 1. The Kier molecular flexibility index (Phi) is 5.48. The highest BCUT2D eigenvalue weighted by molar-refractivity contribution is 7.18. The SMILES string of the molecule is CCC[C@@H]1CCCN(C(=O)[C@H](O)[C@H](O)c2nc3ccccc3s2)C1. The molecule has 0 saturated carbocycles. The summed E-state index contributed by atoms with van der Waals surface area (Å²) in [5, 5.41) is 21.2. The first-order chi connectivity index (χ1) is 11.6. The summed E-state index contributed by atoms with van der Waals surface area (Å²) < 4.78 is 0.937. The van der Waals surface area contributed by atoms with Gasteiger partial charge in [-0.15, -0.1) is 11.3 Å². The van der Waals surface area contributed by atoms with Crippen molar-refractivity contribution in [2.24, 2.45) is 5.92 Å². The van der Waals surface area contributed by atoms with Gasteiger partial charge in [0.2, 0.25) is 0 Å². The van der Waals surface area contributed by atoms with Crippen LogP contribution < -0.4 is 0 Å². The van der Waals surface area contributed by atoms with E-state index < -0.39 is 12.2 Å². The Balaban J connectivity index is 1.70. The lowest BCUT2D eigenvalue weighted by atomic mass is 9.93. The molecule has 0 aliphatic carbocycles. The third-order valence-corrected chi connectivity index (χ3v) is 5.75. The summed E-state index contributed by atoms with van der Waals surface area (Å²) in [6.45, 7) is 3.48. The molecule has 0 unspecified atom stereocenters. The first-order valence-electron chi connectivity index (χ1n) is 8.60. The number of carbonyl (C=O) groups is 1. The van der Waals surface area contributed by atoms with Crippen LogP contribution in [0.2, 0.25) is 0 Å². The van der Waals surface area contributed by atoms with Crippen LogP contribution in [-0.2, 0) is 4.79 Å². The van der Waals surface area contributed by atoms with Gasteiger partial charge in [-0.1, -0.05) is 25.5 Å². The second-order valence-electron chi connectivity index (χ2n) is 6.49. The highest BCUT2D eigenvalue weighted by atomic mass is 32.1. The highest BCUT2D eigenvalue weighted by Gasteiger charge is 2.33. The van der Waals surface area contributed by atoms with Crippen LogP contribution in [0.4, 0.5) is 0 Å². The minimum atomic E-state index is -1.45. The van der Waals surface area contributed by atoms with Crippen molar-refractivity contribution in [1.82, 2.24) is 9.88 Å². The van der Waals surface area contributed by atoms with Gasteiger partial charge >= 0.3 is 0 Å². The van der Waals surface area contributed by atoms with Gasteiger partial charge in [-0.3, -0.25) is 4.79 Å². The van der Waals surface area contributed by atoms with Crippen LogP contribution in [0, 0.1) is 5.92 Å². The molecule has 3 atom stereocenters. The Hall–Kier alpha value is -1.50. The molecular weight excluding hydrogens is 324 g/mol. The first kappa shape index (κ1) is 17.3. The molecule has 1 aromatic heterocycles. The van der Waals surface area contributed by atoms with E-state index >= 15 is 0 Å². The number of rotatable bonds is 5. The molecule has 0 radical (unpaired) electrons. The van der Waals surface area contributed by atoms with Crippen molar-refractivity contribution in [3.05, 3.63) is 29.3 Å². The monoisotopic (exact) mass is 348 g/mol. The molecule has 1 saturated heterocycles. The lowest BCUT2D eigenvalue weighted by molar-refractivity contribution is -0.148. The molecule has 3 rings (SSSR count). The average Bonchev–Trinajstić information content (AvgIpc) is 3.04. The topological polar surface area (TPSA) is 73.7 Å². The number of para-hydroxylation sites is 1. The zero-order chi connectivity index (χ0) is 17.1. The van der Waals surface area contributed by atoms with Crippen LogP contribution >= 0.6 is 11.3 Å². The lowest BCUT2D eigenvalue weighted by Crippen LogP contribution is -2.46. The van der Waals surface area contributed by atoms with E-state index in [1.807, 2.05) is 24.3 Å². The molecule has 0 spiro atoms. The third-order valence-electron chi connectivity index (χ3n) is 4.64. The van der Waals surface area contributed by atoms with E-state index in [9.17, 15) is 15.0 Å². The maximum absolute atomic E-state index is 12.6. The molecule has 130 valence electrons. The summed E-state index contributed by atoms with van der Waals surface area (Å²) in [6, 6.07) is 7.55. The Bertz CT molecular complexity index is 667. The molecule has 0 bridgehead atoms. The molecule has 2 heterocycles. The van der Waals surface area contributed by atoms with Crippen molar-refractivity contribution in [1.29, 1.82) is 0 Å². The minimum Gasteiger partial charge on any atom is -0.383 e. The van der Waals surface area contributed by atoms with E-state index in [4.69, 9.17) is 0 Å². The van der Waals surface area contributed by atoms with Gasteiger partial charge < -0.3 is 15.1 Å². The largest absolute Gasteiger partial charge is 0.383 e.